The summed E-state index contributed by atoms with van der Waals surface area (Å²) in [5, 5.41) is 2.69. The molecule has 1 aromatic heterocycles. The number of nitrogens with one attached hydrogen (secondary N) is 1. The number of aryl methyl sites for hydroxylation is 1. The number of benzene rings is 1. The molecule has 0 saturated carbocycles. The number of hydrogen-bond acceptors (Lipinski definition) is 5. The molecule has 156 valence electrons. The van der Waals surface area contributed by atoms with Gasteiger partial charge in [0.15, 0.2) is 11.0 Å². The van der Waals surface area contributed by atoms with Crippen molar-refractivity contribution in [3.8, 4) is 0 Å². The fraction of sp³-hybridized carbons (Fsp3) is 0.348. The van der Waals surface area contributed by atoms with Crippen molar-refractivity contribution in [3.63, 3.8) is 0 Å². The van der Waals surface area contributed by atoms with E-state index in [0.29, 0.717) is 11.4 Å². The number of carbonyl (C=O) groups is 2. The van der Waals surface area contributed by atoms with Crippen molar-refractivity contribution in [1.29, 1.82) is 0 Å². The maximum absolute atomic E-state index is 13.1. The van der Waals surface area contributed by atoms with E-state index in [1.807, 2.05) is 30.3 Å². The number of nitrogens with zero attached hydrogens (tertiary/aromatic N) is 2. The van der Waals surface area contributed by atoms with E-state index in [-0.39, 0.29) is 10.7 Å². The Morgan fingerprint density at radius 1 is 1.03 bits per heavy atom. The maximum Gasteiger partial charge on any atom is 0.270 e. The summed E-state index contributed by atoms with van der Waals surface area (Å²) in [6.45, 7) is 3.98. The summed E-state index contributed by atoms with van der Waals surface area (Å²) >= 11 is 5.26. The molecule has 6 nitrogen and oxygen atoms in total. The summed E-state index contributed by atoms with van der Waals surface area (Å²) in [7, 11) is 0. The van der Waals surface area contributed by atoms with Crippen LogP contribution in [-0.4, -0.2) is 30.0 Å². The molecule has 7 heteroatoms. The predicted octanol–water partition coefficient (Wildman–Crippen LogP) is 4.05. The van der Waals surface area contributed by atoms with Crippen molar-refractivity contribution >= 4 is 46.8 Å². The van der Waals surface area contributed by atoms with Gasteiger partial charge in [-0.2, -0.15) is 0 Å². The number of anilines is 2. The fourth-order valence-electron chi connectivity index (χ4n) is 3.80. The fourth-order valence-corrected chi connectivity index (χ4v) is 4.08. The van der Waals surface area contributed by atoms with Crippen molar-refractivity contribution in [1.82, 2.24) is 5.32 Å². The van der Waals surface area contributed by atoms with Gasteiger partial charge in [-0.05, 0) is 61.3 Å². The van der Waals surface area contributed by atoms with Gasteiger partial charge in [0.2, 0.25) is 0 Å². The monoisotopic (exact) mass is 423 g/mol. The van der Waals surface area contributed by atoms with Crippen molar-refractivity contribution in [3.05, 3.63) is 53.3 Å². The van der Waals surface area contributed by atoms with Crippen LogP contribution in [0.5, 0.6) is 0 Å². The Morgan fingerprint density at radius 2 is 1.73 bits per heavy atom. The largest absolute Gasteiger partial charge is 0.441 e. The van der Waals surface area contributed by atoms with Crippen LogP contribution in [0.25, 0.3) is 6.08 Å². The first-order valence-corrected chi connectivity index (χ1v) is 10.8. The summed E-state index contributed by atoms with van der Waals surface area (Å²) in [5.74, 6) is 0.275. The van der Waals surface area contributed by atoms with Gasteiger partial charge in [-0.25, -0.2) is 0 Å². The van der Waals surface area contributed by atoms with Gasteiger partial charge in [0.1, 0.15) is 11.3 Å². The lowest BCUT2D eigenvalue weighted by molar-refractivity contribution is -0.122. The number of furan rings is 1. The van der Waals surface area contributed by atoms with Crippen molar-refractivity contribution < 1.29 is 14.0 Å². The quantitative estimate of drug-likeness (QED) is 0.457. The number of amides is 2. The molecule has 0 unspecified atom stereocenters. The van der Waals surface area contributed by atoms with Crippen LogP contribution in [-0.2, 0) is 16.0 Å². The third kappa shape index (κ3) is 4.16. The van der Waals surface area contributed by atoms with E-state index >= 15 is 0 Å². The van der Waals surface area contributed by atoms with Gasteiger partial charge in [-0.3, -0.25) is 19.8 Å². The highest BCUT2D eigenvalue weighted by molar-refractivity contribution is 7.80. The molecule has 0 spiro atoms. The molecule has 2 aliphatic rings. The molecule has 0 atom stereocenters. The molecule has 3 heterocycles. The predicted molar refractivity (Wildman–Crippen MR) is 121 cm³/mol. The molecule has 2 saturated heterocycles. The number of rotatable bonds is 4. The minimum Gasteiger partial charge on any atom is -0.441 e. The standard InChI is InChI=1S/C23H25N3O3S/c1-2-16-7-9-17(10-8-16)26-22(28)19(21(27)24-23(26)30)15-18-11-12-20(29-18)25-13-5-3-4-6-14-25/h7-12,15H,2-6,13-14H2,1H3,(H,24,27,30)/b19-15+. The molecule has 0 aliphatic carbocycles. The minimum atomic E-state index is -0.515. The number of carbonyl (C=O) groups excluding carboxylic acids is 2. The average Bonchev–Trinajstić information content (AvgIpc) is 3.04. The molecule has 2 amide bonds. The summed E-state index contributed by atoms with van der Waals surface area (Å²) < 4.78 is 5.94. The second kappa shape index (κ2) is 8.83. The smallest absolute Gasteiger partial charge is 0.270 e. The molecule has 30 heavy (non-hydrogen) atoms. The normalized spacial score (nSPS) is 19.2. The lowest BCUT2D eigenvalue weighted by Gasteiger charge is -2.28. The third-order valence-electron chi connectivity index (χ3n) is 5.52. The zero-order valence-electron chi connectivity index (χ0n) is 17.0. The van der Waals surface area contributed by atoms with Gasteiger partial charge in [-0.15, -0.1) is 0 Å². The first-order chi connectivity index (χ1) is 14.6. The van der Waals surface area contributed by atoms with Crippen LogP contribution in [0, 0.1) is 0 Å². The summed E-state index contributed by atoms with van der Waals surface area (Å²) in [5.41, 5.74) is 1.78. The summed E-state index contributed by atoms with van der Waals surface area (Å²) in [6, 6.07) is 11.3. The highest BCUT2D eigenvalue weighted by atomic mass is 32.1. The average molecular weight is 424 g/mol. The maximum atomic E-state index is 13.1. The zero-order valence-corrected chi connectivity index (χ0v) is 17.8. The van der Waals surface area contributed by atoms with Gasteiger partial charge >= 0.3 is 0 Å². The first kappa shape index (κ1) is 20.3. The Morgan fingerprint density at radius 3 is 2.40 bits per heavy atom. The first-order valence-electron chi connectivity index (χ1n) is 10.4. The van der Waals surface area contributed by atoms with Crippen LogP contribution in [0.2, 0.25) is 0 Å². The van der Waals surface area contributed by atoms with Gasteiger partial charge in [0, 0.05) is 19.2 Å². The van der Waals surface area contributed by atoms with E-state index in [1.54, 1.807) is 6.07 Å². The molecule has 0 bridgehead atoms. The lowest BCUT2D eigenvalue weighted by Crippen LogP contribution is -2.54. The molecule has 1 aromatic carbocycles. The molecular weight excluding hydrogens is 398 g/mol. The number of thiocarbonyl (C=S) groups is 1. The minimum absolute atomic E-state index is 0.0000607. The topological polar surface area (TPSA) is 65.8 Å². The SMILES string of the molecule is CCc1ccc(N2C(=O)/C(=C/c3ccc(N4CCCCCC4)o3)C(=O)NC2=S)cc1. The second-order valence-electron chi connectivity index (χ2n) is 7.56. The van der Waals surface area contributed by atoms with E-state index in [2.05, 4.69) is 17.1 Å². The van der Waals surface area contributed by atoms with Crippen LogP contribution >= 0.6 is 12.2 Å². The van der Waals surface area contributed by atoms with Crippen LogP contribution in [0.3, 0.4) is 0 Å². The van der Waals surface area contributed by atoms with Crippen LogP contribution in [0.15, 0.2) is 46.4 Å². The zero-order chi connectivity index (χ0) is 21.1. The van der Waals surface area contributed by atoms with Crippen LogP contribution in [0.4, 0.5) is 11.6 Å². The second-order valence-corrected chi connectivity index (χ2v) is 7.94. The van der Waals surface area contributed by atoms with E-state index in [1.165, 1.54) is 23.8 Å². The van der Waals surface area contributed by atoms with E-state index < -0.39 is 11.8 Å². The Hall–Kier alpha value is -2.93. The van der Waals surface area contributed by atoms with Crippen molar-refractivity contribution in [2.75, 3.05) is 22.9 Å². The van der Waals surface area contributed by atoms with Gasteiger partial charge in [-0.1, -0.05) is 31.9 Å². The van der Waals surface area contributed by atoms with Gasteiger partial charge in [0.05, 0.1) is 5.69 Å². The molecular formula is C23H25N3O3S. The van der Waals surface area contributed by atoms with Gasteiger partial charge < -0.3 is 9.32 Å². The molecule has 2 fully saturated rings. The molecule has 2 aromatic rings. The third-order valence-corrected chi connectivity index (χ3v) is 5.81. The summed E-state index contributed by atoms with van der Waals surface area (Å²) in [4.78, 5) is 29.2. The summed E-state index contributed by atoms with van der Waals surface area (Å²) in [6.07, 6.45) is 7.14. The Labute approximate surface area is 181 Å². The molecule has 2 aliphatic heterocycles. The van der Waals surface area contributed by atoms with Crippen molar-refractivity contribution in [2.24, 2.45) is 0 Å². The lowest BCUT2D eigenvalue weighted by atomic mass is 10.1. The van der Waals surface area contributed by atoms with Crippen LogP contribution < -0.4 is 15.1 Å². The van der Waals surface area contributed by atoms with E-state index in [4.69, 9.17) is 16.6 Å². The van der Waals surface area contributed by atoms with Gasteiger partial charge in [0.25, 0.3) is 11.8 Å². The van der Waals surface area contributed by atoms with Crippen LogP contribution in [0.1, 0.15) is 43.9 Å². The van der Waals surface area contributed by atoms with E-state index in [0.717, 1.165) is 43.8 Å². The molecule has 4 rings (SSSR count). The molecule has 1 N–H and O–H groups in total. The Balaban J connectivity index is 1.59. The van der Waals surface area contributed by atoms with Crippen molar-refractivity contribution in [2.45, 2.75) is 39.0 Å². The van der Waals surface area contributed by atoms with E-state index in [9.17, 15) is 9.59 Å². The highest BCUT2D eigenvalue weighted by Crippen LogP contribution is 2.26. The molecule has 0 radical (unpaired) electrons. The highest BCUT2D eigenvalue weighted by Gasteiger charge is 2.34. The number of hydrogen-bond donors (Lipinski definition) is 1. The Kier molecular flexibility index (Phi) is 5.99. The Bertz CT molecular complexity index is 985.